The lowest BCUT2D eigenvalue weighted by Gasteiger charge is -2.19. The molecule has 4 nitrogen and oxygen atoms in total. The lowest BCUT2D eigenvalue weighted by atomic mass is 10.1. The van der Waals surface area contributed by atoms with Crippen molar-refractivity contribution < 1.29 is 14.3 Å². The summed E-state index contributed by atoms with van der Waals surface area (Å²) in [6, 6.07) is 22.5. The van der Waals surface area contributed by atoms with Crippen LogP contribution in [0.25, 0.3) is 5.57 Å². The van der Waals surface area contributed by atoms with Crippen LogP contribution in [0.15, 0.2) is 82.6 Å². The third kappa shape index (κ3) is 3.53. The molecule has 0 radical (unpaired) electrons. The first-order valence-electron chi connectivity index (χ1n) is 9.58. The standard InChI is InChI=1S/C25H21NO3S/c1-16-8-7-11-21(17(16)2)26-24(27)22(18-12-14-19(29-3)15-13-18)23(25(26)28)30-20-9-5-4-6-10-20/h4-15H,1-3H3. The molecule has 0 saturated carbocycles. The van der Waals surface area contributed by atoms with Crippen LogP contribution in [0.5, 0.6) is 5.75 Å². The van der Waals surface area contributed by atoms with Gasteiger partial charge in [-0.05, 0) is 60.9 Å². The number of rotatable bonds is 5. The molecule has 1 aliphatic rings. The van der Waals surface area contributed by atoms with Crippen LogP contribution in [0.1, 0.15) is 16.7 Å². The van der Waals surface area contributed by atoms with Crippen molar-refractivity contribution in [2.45, 2.75) is 18.7 Å². The van der Waals surface area contributed by atoms with Crippen LogP contribution in [0, 0.1) is 13.8 Å². The fourth-order valence-corrected chi connectivity index (χ4v) is 4.43. The molecule has 5 heteroatoms. The maximum Gasteiger partial charge on any atom is 0.272 e. The number of hydrogen-bond acceptors (Lipinski definition) is 4. The Hall–Kier alpha value is -3.31. The van der Waals surface area contributed by atoms with E-state index in [0.717, 1.165) is 16.0 Å². The summed E-state index contributed by atoms with van der Waals surface area (Å²) in [6.07, 6.45) is 0. The first-order chi connectivity index (χ1) is 14.5. The van der Waals surface area contributed by atoms with E-state index in [9.17, 15) is 9.59 Å². The highest BCUT2D eigenvalue weighted by Gasteiger charge is 2.41. The van der Waals surface area contributed by atoms with Gasteiger partial charge in [-0.25, -0.2) is 4.90 Å². The van der Waals surface area contributed by atoms with Crippen LogP contribution in [0.4, 0.5) is 5.69 Å². The van der Waals surface area contributed by atoms with E-state index in [0.29, 0.717) is 27.5 Å². The molecule has 3 aromatic rings. The minimum atomic E-state index is -0.308. The summed E-state index contributed by atoms with van der Waals surface area (Å²) < 4.78 is 5.24. The number of carbonyl (C=O) groups excluding carboxylic acids is 2. The van der Waals surface area contributed by atoms with Gasteiger partial charge in [0.1, 0.15) is 5.75 Å². The number of aryl methyl sites for hydroxylation is 1. The molecule has 0 spiro atoms. The van der Waals surface area contributed by atoms with Crippen LogP contribution in [-0.4, -0.2) is 18.9 Å². The molecule has 1 heterocycles. The van der Waals surface area contributed by atoms with Gasteiger partial charge in [-0.15, -0.1) is 0 Å². The Bertz CT molecular complexity index is 1150. The zero-order valence-electron chi connectivity index (χ0n) is 17.0. The summed E-state index contributed by atoms with van der Waals surface area (Å²) >= 11 is 1.32. The van der Waals surface area contributed by atoms with E-state index in [-0.39, 0.29) is 11.8 Å². The third-order valence-corrected chi connectivity index (χ3v) is 6.29. The highest BCUT2D eigenvalue weighted by atomic mass is 32.2. The lowest BCUT2D eigenvalue weighted by molar-refractivity contribution is -0.119. The highest BCUT2D eigenvalue weighted by molar-refractivity contribution is 8.04. The van der Waals surface area contributed by atoms with Crippen molar-refractivity contribution >= 4 is 34.8 Å². The van der Waals surface area contributed by atoms with Gasteiger partial charge in [0.15, 0.2) is 0 Å². The van der Waals surface area contributed by atoms with Gasteiger partial charge in [0, 0.05) is 4.90 Å². The largest absolute Gasteiger partial charge is 0.497 e. The fourth-order valence-electron chi connectivity index (χ4n) is 3.42. The number of nitrogens with zero attached hydrogens (tertiary/aromatic N) is 1. The molecular weight excluding hydrogens is 394 g/mol. The number of carbonyl (C=O) groups is 2. The molecule has 2 amide bonds. The van der Waals surface area contributed by atoms with Gasteiger partial charge in [-0.2, -0.15) is 0 Å². The summed E-state index contributed by atoms with van der Waals surface area (Å²) in [5, 5.41) is 0. The van der Waals surface area contributed by atoms with Crippen LogP contribution in [0.3, 0.4) is 0 Å². The Labute approximate surface area is 180 Å². The predicted molar refractivity (Wildman–Crippen MR) is 121 cm³/mol. The molecular formula is C25H21NO3S. The van der Waals surface area contributed by atoms with Gasteiger partial charge in [0.25, 0.3) is 11.8 Å². The number of imide groups is 1. The van der Waals surface area contributed by atoms with E-state index < -0.39 is 0 Å². The zero-order chi connectivity index (χ0) is 21.3. The number of amides is 2. The van der Waals surface area contributed by atoms with Crippen LogP contribution in [0.2, 0.25) is 0 Å². The van der Waals surface area contributed by atoms with Crippen LogP contribution >= 0.6 is 11.8 Å². The van der Waals surface area contributed by atoms with Crippen LogP contribution in [-0.2, 0) is 9.59 Å². The minimum absolute atomic E-state index is 0.298. The maximum absolute atomic E-state index is 13.5. The average molecular weight is 416 g/mol. The van der Waals surface area contributed by atoms with E-state index in [1.54, 1.807) is 19.2 Å². The molecule has 0 atom stereocenters. The molecule has 0 fully saturated rings. The second-order valence-electron chi connectivity index (χ2n) is 7.01. The third-order valence-electron chi connectivity index (χ3n) is 5.20. The SMILES string of the molecule is COc1ccc(C2=C(Sc3ccccc3)C(=O)N(c3cccc(C)c3C)C2=O)cc1. The first kappa shape index (κ1) is 20.0. The number of benzene rings is 3. The van der Waals surface area contributed by atoms with Crippen molar-refractivity contribution in [1.82, 2.24) is 0 Å². The lowest BCUT2D eigenvalue weighted by Crippen LogP contribution is -2.32. The molecule has 0 unspecified atom stereocenters. The van der Waals surface area contributed by atoms with Crippen molar-refractivity contribution in [1.29, 1.82) is 0 Å². The Morgan fingerprint density at radius 2 is 1.50 bits per heavy atom. The molecule has 0 saturated heterocycles. The van der Waals surface area contributed by atoms with Crippen molar-refractivity contribution in [2.75, 3.05) is 12.0 Å². The zero-order valence-corrected chi connectivity index (χ0v) is 17.8. The van der Waals surface area contributed by atoms with Crippen molar-refractivity contribution in [2.24, 2.45) is 0 Å². The van der Waals surface area contributed by atoms with Gasteiger partial charge in [-0.3, -0.25) is 9.59 Å². The second-order valence-corrected chi connectivity index (χ2v) is 8.10. The topological polar surface area (TPSA) is 46.6 Å². The molecule has 4 rings (SSSR count). The van der Waals surface area contributed by atoms with Crippen LogP contribution < -0.4 is 9.64 Å². The molecule has 3 aromatic carbocycles. The Kier molecular flexibility index (Phi) is 5.46. The van der Waals surface area contributed by atoms with Crippen molar-refractivity contribution in [3.05, 3.63) is 94.4 Å². The Morgan fingerprint density at radius 1 is 0.800 bits per heavy atom. The number of methoxy groups -OCH3 is 1. The van der Waals surface area contributed by atoms with Gasteiger partial charge < -0.3 is 4.74 Å². The minimum Gasteiger partial charge on any atom is -0.497 e. The van der Waals surface area contributed by atoms with E-state index in [2.05, 4.69) is 0 Å². The fraction of sp³-hybridized carbons (Fsp3) is 0.120. The molecule has 150 valence electrons. The summed E-state index contributed by atoms with van der Waals surface area (Å²) in [4.78, 5) is 29.7. The van der Waals surface area contributed by atoms with Gasteiger partial charge in [0.05, 0.1) is 23.3 Å². The van der Waals surface area contributed by atoms with Crippen molar-refractivity contribution in [3.8, 4) is 5.75 Å². The Morgan fingerprint density at radius 3 is 2.17 bits per heavy atom. The van der Waals surface area contributed by atoms with Gasteiger partial charge in [-0.1, -0.05) is 54.2 Å². The van der Waals surface area contributed by atoms with Gasteiger partial charge >= 0.3 is 0 Å². The monoisotopic (exact) mass is 415 g/mol. The maximum atomic E-state index is 13.5. The molecule has 0 aromatic heterocycles. The number of ether oxygens (including phenoxy) is 1. The predicted octanol–water partition coefficient (Wildman–Crippen LogP) is 5.39. The smallest absolute Gasteiger partial charge is 0.272 e. The highest BCUT2D eigenvalue weighted by Crippen LogP contribution is 2.42. The quantitative estimate of drug-likeness (QED) is 0.524. The van der Waals surface area contributed by atoms with E-state index in [1.165, 1.54) is 16.7 Å². The summed E-state index contributed by atoms with van der Waals surface area (Å²) in [5.41, 5.74) is 3.68. The molecule has 0 N–H and O–H groups in total. The average Bonchev–Trinajstić information content (AvgIpc) is 3.00. The van der Waals surface area contributed by atoms with Crippen molar-refractivity contribution in [3.63, 3.8) is 0 Å². The molecule has 0 aliphatic carbocycles. The second kappa shape index (κ2) is 8.20. The number of hydrogen-bond donors (Lipinski definition) is 0. The first-order valence-corrected chi connectivity index (χ1v) is 10.4. The molecule has 1 aliphatic heterocycles. The number of thioether (sulfide) groups is 1. The number of anilines is 1. The normalized spacial score (nSPS) is 13.9. The summed E-state index contributed by atoms with van der Waals surface area (Å²) in [5.74, 6) is 0.0884. The van der Waals surface area contributed by atoms with E-state index >= 15 is 0 Å². The summed E-state index contributed by atoms with van der Waals surface area (Å²) in [6.45, 7) is 3.90. The molecule has 0 bridgehead atoms. The van der Waals surface area contributed by atoms with E-state index in [1.807, 2.05) is 74.5 Å². The van der Waals surface area contributed by atoms with E-state index in [4.69, 9.17) is 4.74 Å². The molecule has 30 heavy (non-hydrogen) atoms. The van der Waals surface area contributed by atoms with Gasteiger partial charge in [0.2, 0.25) is 0 Å². The summed E-state index contributed by atoms with van der Waals surface area (Å²) in [7, 11) is 1.59. The Balaban J connectivity index is 1.84.